The van der Waals surface area contributed by atoms with Crippen LogP contribution >= 0.6 is 0 Å². The predicted molar refractivity (Wildman–Crippen MR) is 83.0 cm³/mol. The molecule has 19 heavy (non-hydrogen) atoms. The highest BCUT2D eigenvalue weighted by molar-refractivity contribution is 5.35. The lowest BCUT2D eigenvalue weighted by molar-refractivity contribution is 0.294. The summed E-state index contributed by atoms with van der Waals surface area (Å²) < 4.78 is 5.93. The van der Waals surface area contributed by atoms with Gasteiger partial charge in [0.15, 0.2) is 0 Å². The molecule has 1 atom stereocenters. The topological polar surface area (TPSA) is 21.3 Å². The molecular formula is C17H29NO. The Morgan fingerprint density at radius 2 is 1.89 bits per heavy atom. The molecule has 0 bridgehead atoms. The SMILES string of the molecule is CC[C@@H](C)c1ccccc1OCCCNC(C)(C)C. The number of para-hydroxylation sites is 1. The fourth-order valence-corrected chi connectivity index (χ4v) is 1.96. The van der Waals surface area contributed by atoms with Gasteiger partial charge < -0.3 is 10.1 Å². The lowest BCUT2D eigenvalue weighted by Gasteiger charge is -2.21. The first-order valence-corrected chi connectivity index (χ1v) is 7.41. The summed E-state index contributed by atoms with van der Waals surface area (Å²) in [5.74, 6) is 1.61. The van der Waals surface area contributed by atoms with Crippen LogP contribution in [0.2, 0.25) is 0 Å². The fourth-order valence-electron chi connectivity index (χ4n) is 1.96. The van der Waals surface area contributed by atoms with Crippen LogP contribution in [0.25, 0.3) is 0 Å². The van der Waals surface area contributed by atoms with Crippen molar-refractivity contribution in [1.29, 1.82) is 0 Å². The summed E-state index contributed by atoms with van der Waals surface area (Å²) in [5.41, 5.74) is 1.52. The van der Waals surface area contributed by atoms with Gasteiger partial charge in [-0.15, -0.1) is 0 Å². The fraction of sp³-hybridized carbons (Fsp3) is 0.647. The van der Waals surface area contributed by atoms with E-state index in [-0.39, 0.29) is 5.54 Å². The van der Waals surface area contributed by atoms with Gasteiger partial charge in [0.05, 0.1) is 6.61 Å². The third-order valence-corrected chi connectivity index (χ3v) is 3.30. The highest BCUT2D eigenvalue weighted by atomic mass is 16.5. The molecule has 2 heteroatoms. The number of benzene rings is 1. The molecule has 1 aromatic carbocycles. The van der Waals surface area contributed by atoms with Crippen molar-refractivity contribution in [1.82, 2.24) is 5.32 Å². The maximum absolute atomic E-state index is 5.93. The van der Waals surface area contributed by atoms with Crippen molar-refractivity contribution in [2.45, 2.75) is 58.9 Å². The van der Waals surface area contributed by atoms with Crippen LogP contribution in [0.15, 0.2) is 24.3 Å². The van der Waals surface area contributed by atoms with Crippen LogP contribution < -0.4 is 10.1 Å². The van der Waals surface area contributed by atoms with Crippen LogP contribution in [-0.2, 0) is 0 Å². The summed E-state index contributed by atoms with van der Waals surface area (Å²) in [6, 6.07) is 8.40. The van der Waals surface area contributed by atoms with E-state index in [0.717, 1.165) is 31.7 Å². The Hall–Kier alpha value is -1.02. The molecule has 0 amide bonds. The van der Waals surface area contributed by atoms with E-state index in [1.165, 1.54) is 5.56 Å². The van der Waals surface area contributed by atoms with E-state index in [9.17, 15) is 0 Å². The molecule has 108 valence electrons. The summed E-state index contributed by atoms with van der Waals surface area (Å²) in [6.45, 7) is 12.8. The summed E-state index contributed by atoms with van der Waals surface area (Å²) in [6.07, 6.45) is 2.18. The van der Waals surface area contributed by atoms with E-state index in [2.05, 4.69) is 64.2 Å². The third-order valence-electron chi connectivity index (χ3n) is 3.30. The lowest BCUT2D eigenvalue weighted by Crippen LogP contribution is -2.36. The zero-order valence-corrected chi connectivity index (χ0v) is 13.1. The van der Waals surface area contributed by atoms with Crippen LogP contribution in [0.3, 0.4) is 0 Å². The van der Waals surface area contributed by atoms with Crippen molar-refractivity contribution in [2.75, 3.05) is 13.2 Å². The highest BCUT2D eigenvalue weighted by Gasteiger charge is 2.10. The third kappa shape index (κ3) is 6.11. The second-order valence-electron chi connectivity index (χ2n) is 6.23. The van der Waals surface area contributed by atoms with Gasteiger partial charge in [0.2, 0.25) is 0 Å². The molecule has 0 aliphatic heterocycles. The lowest BCUT2D eigenvalue weighted by atomic mass is 9.98. The van der Waals surface area contributed by atoms with Gasteiger partial charge in [0.25, 0.3) is 0 Å². The molecule has 1 rings (SSSR count). The Morgan fingerprint density at radius 1 is 1.21 bits per heavy atom. The molecule has 0 unspecified atom stereocenters. The largest absolute Gasteiger partial charge is 0.493 e. The molecule has 1 N–H and O–H groups in total. The Morgan fingerprint density at radius 3 is 2.53 bits per heavy atom. The first kappa shape index (κ1) is 16.0. The van der Waals surface area contributed by atoms with Gasteiger partial charge in [-0.25, -0.2) is 0 Å². The van der Waals surface area contributed by atoms with Gasteiger partial charge in [-0.05, 0) is 57.7 Å². The minimum atomic E-state index is 0.189. The molecule has 0 aromatic heterocycles. The van der Waals surface area contributed by atoms with Crippen molar-refractivity contribution in [3.63, 3.8) is 0 Å². The molecule has 0 saturated heterocycles. The predicted octanol–water partition coefficient (Wildman–Crippen LogP) is 4.36. The van der Waals surface area contributed by atoms with Crippen molar-refractivity contribution in [2.24, 2.45) is 0 Å². The van der Waals surface area contributed by atoms with E-state index in [0.29, 0.717) is 5.92 Å². The van der Waals surface area contributed by atoms with Gasteiger partial charge in [-0.2, -0.15) is 0 Å². The summed E-state index contributed by atoms with van der Waals surface area (Å²) in [7, 11) is 0. The van der Waals surface area contributed by atoms with Crippen molar-refractivity contribution < 1.29 is 4.74 Å². The Bertz CT molecular complexity index is 368. The standard InChI is InChI=1S/C17H29NO/c1-6-14(2)15-10-7-8-11-16(15)19-13-9-12-18-17(3,4)5/h7-8,10-11,14,18H,6,9,12-13H2,1-5H3/t14-/m1/s1. The smallest absolute Gasteiger partial charge is 0.122 e. The molecule has 0 aliphatic rings. The average molecular weight is 263 g/mol. The molecule has 0 spiro atoms. The minimum Gasteiger partial charge on any atom is -0.493 e. The molecular weight excluding hydrogens is 234 g/mol. The molecule has 1 aromatic rings. The maximum Gasteiger partial charge on any atom is 0.122 e. The van der Waals surface area contributed by atoms with Crippen LogP contribution in [-0.4, -0.2) is 18.7 Å². The zero-order valence-electron chi connectivity index (χ0n) is 13.1. The Labute approximate surface area is 118 Å². The first-order chi connectivity index (χ1) is 8.94. The molecule has 0 fully saturated rings. The summed E-state index contributed by atoms with van der Waals surface area (Å²) in [4.78, 5) is 0. The van der Waals surface area contributed by atoms with Crippen molar-refractivity contribution >= 4 is 0 Å². The van der Waals surface area contributed by atoms with Crippen molar-refractivity contribution in [3.05, 3.63) is 29.8 Å². The van der Waals surface area contributed by atoms with Gasteiger partial charge in [0.1, 0.15) is 5.75 Å². The van der Waals surface area contributed by atoms with Gasteiger partial charge in [0, 0.05) is 5.54 Å². The van der Waals surface area contributed by atoms with E-state index in [1.807, 2.05) is 0 Å². The molecule has 2 nitrogen and oxygen atoms in total. The van der Waals surface area contributed by atoms with Gasteiger partial charge in [-0.3, -0.25) is 0 Å². The van der Waals surface area contributed by atoms with Crippen LogP contribution in [0.4, 0.5) is 0 Å². The van der Waals surface area contributed by atoms with E-state index >= 15 is 0 Å². The molecule has 0 radical (unpaired) electrons. The molecule has 0 aliphatic carbocycles. The Kier molecular flexibility index (Phi) is 6.36. The van der Waals surface area contributed by atoms with E-state index in [4.69, 9.17) is 4.74 Å². The summed E-state index contributed by atoms with van der Waals surface area (Å²) in [5, 5.41) is 3.48. The number of hydrogen-bond donors (Lipinski definition) is 1. The summed E-state index contributed by atoms with van der Waals surface area (Å²) >= 11 is 0. The maximum atomic E-state index is 5.93. The van der Waals surface area contributed by atoms with Crippen LogP contribution in [0.5, 0.6) is 5.75 Å². The van der Waals surface area contributed by atoms with Gasteiger partial charge in [-0.1, -0.05) is 32.0 Å². The number of nitrogens with one attached hydrogen (secondary N) is 1. The number of rotatable bonds is 7. The second-order valence-corrected chi connectivity index (χ2v) is 6.23. The second kappa shape index (κ2) is 7.54. The van der Waals surface area contributed by atoms with Gasteiger partial charge >= 0.3 is 0 Å². The zero-order chi connectivity index (χ0) is 14.3. The monoisotopic (exact) mass is 263 g/mol. The van der Waals surface area contributed by atoms with E-state index in [1.54, 1.807) is 0 Å². The molecule has 0 heterocycles. The normalized spacial score (nSPS) is 13.3. The van der Waals surface area contributed by atoms with Crippen molar-refractivity contribution in [3.8, 4) is 5.75 Å². The quantitative estimate of drug-likeness (QED) is 0.738. The number of hydrogen-bond acceptors (Lipinski definition) is 2. The average Bonchev–Trinajstić information content (AvgIpc) is 2.36. The van der Waals surface area contributed by atoms with E-state index < -0.39 is 0 Å². The van der Waals surface area contributed by atoms with Crippen LogP contribution in [0.1, 0.15) is 58.9 Å². The first-order valence-electron chi connectivity index (χ1n) is 7.41. The molecule has 0 saturated carbocycles. The van der Waals surface area contributed by atoms with Crippen LogP contribution in [0, 0.1) is 0 Å². The highest BCUT2D eigenvalue weighted by Crippen LogP contribution is 2.28. The minimum absolute atomic E-state index is 0.189. The Balaban J connectivity index is 2.41. The number of ether oxygens (including phenoxy) is 1.